The number of fused-ring (bicyclic) bond motifs is 2. The van der Waals surface area contributed by atoms with E-state index in [4.69, 9.17) is 4.74 Å². The number of benzene rings is 2. The van der Waals surface area contributed by atoms with Crippen molar-refractivity contribution in [3.05, 3.63) is 88.9 Å². The fourth-order valence-electron chi connectivity index (χ4n) is 7.95. The number of nitrogens with zero attached hydrogens (tertiary/aromatic N) is 11. The van der Waals surface area contributed by atoms with Crippen LogP contribution in [-0.4, -0.2) is 85.8 Å². The van der Waals surface area contributed by atoms with E-state index in [1.807, 2.05) is 0 Å². The molecular weight excluding hydrogens is 773 g/mol. The Morgan fingerprint density at radius 1 is 1.05 bits per heavy atom. The highest BCUT2D eigenvalue weighted by Gasteiger charge is 2.40. The van der Waals surface area contributed by atoms with Crippen molar-refractivity contribution in [1.29, 1.82) is 5.26 Å². The van der Waals surface area contributed by atoms with Gasteiger partial charge in [0.1, 0.15) is 17.6 Å². The summed E-state index contributed by atoms with van der Waals surface area (Å²) in [5.74, 6) is -2.12. The molecule has 4 aromatic heterocycles. The molecule has 2 aliphatic rings. The number of nitriles is 1. The van der Waals surface area contributed by atoms with Gasteiger partial charge in [0.15, 0.2) is 11.9 Å². The van der Waals surface area contributed by atoms with E-state index in [2.05, 4.69) is 36.9 Å². The number of ether oxygens (including phenoxy) is 1. The number of aromatic nitrogens is 9. The summed E-state index contributed by atoms with van der Waals surface area (Å²) < 4.78 is 68.1. The first-order valence-electron chi connectivity index (χ1n) is 19.1. The Hall–Kier alpha value is -6.42. The summed E-state index contributed by atoms with van der Waals surface area (Å²) in [5, 5.41) is 34.8. The van der Waals surface area contributed by atoms with Gasteiger partial charge in [0, 0.05) is 50.8 Å². The fraction of sp³-hybridized carbons (Fsp3) is 0.400. The van der Waals surface area contributed by atoms with E-state index >= 15 is 4.39 Å². The van der Waals surface area contributed by atoms with Crippen LogP contribution in [0.1, 0.15) is 72.1 Å². The summed E-state index contributed by atoms with van der Waals surface area (Å²) in [4.78, 5) is 31.6. The first kappa shape index (κ1) is 39.4. The van der Waals surface area contributed by atoms with Crippen molar-refractivity contribution in [3.63, 3.8) is 0 Å². The van der Waals surface area contributed by atoms with Crippen molar-refractivity contribution in [2.24, 2.45) is 14.1 Å². The molecule has 6 heterocycles. The number of alkyl halides is 3. The van der Waals surface area contributed by atoms with Gasteiger partial charge in [-0.1, -0.05) is 6.07 Å². The zero-order chi connectivity index (χ0) is 41.8. The summed E-state index contributed by atoms with van der Waals surface area (Å²) in [5.41, 5.74) is 0.706. The van der Waals surface area contributed by atoms with Crippen LogP contribution in [0.5, 0.6) is 0 Å². The van der Waals surface area contributed by atoms with E-state index in [-0.39, 0.29) is 42.9 Å². The largest absolute Gasteiger partial charge is 0.435 e. The van der Waals surface area contributed by atoms with E-state index in [0.29, 0.717) is 40.8 Å². The minimum atomic E-state index is -4.77. The normalized spacial score (nSPS) is 16.6. The van der Waals surface area contributed by atoms with Gasteiger partial charge in [0.05, 0.1) is 59.1 Å². The number of hydrogen-bond donors (Lipinski definition) is 1. The van der Waals surface area contributed by atoms with Crippen molar-refractivity contribution >= 4 is 22.7 Å². The predicted molar refractivity (Wildman–Crippen MR) is 204 cm³/mol. The maximum atomic E-state index is 15.9. The molecular formula is C40H40F4N12O3. The fourth-order valence-corrected chi connectivity index (χ4v) is 7.95. The summed E-state index contributed by atoms with van der Waals surface area (Å²) >= 11 is 0. The zero-order valence-corrected chi connectivity index (χ0v) is 32.7. The van der Waals surface area contributed by atoms with Gasteiger partial charge in [-0.25, -0.2) is 4.39 Å². The highest BCUT2D eigenvalue weighted by atomic mass is 19.4. The van der Waals surface area contributed by atoms with Crippen LogP contribution in [0, 0.1) is 17.1 Å². The van der Waals surface area contributed by atoms with Crippen molar-refractivity contribution in [3.8, 4) is 28.6 Å². The quantitative estimate of drug-likeness (QED) is 0.179. The van der Waals surface area contributed by atoms with Crippen LogP contribution in [0.3, 0.4) is 0 Å². The average molecular weight is 813 g/mol. The highest BCUT2D eigenvalue weighted by molar-refractivity contribution is 6.02. The van der Waals surface area contributed by atoms with Gasteiger partial charge in [-0.15, -0.1) is 5.10 Å². The average Bonchev–Trinajstić information content (AvgIpc) is 4.01. The van der Waals surface area contributed by atoms with Crippen molar-refractivity contribution in [1.82, 2.24) is 54.6 Å². The van der Waals surface area contributed by atoms with Gasteiger partial charge >= 0.3 is 6.18 Å². The number of carbonyl (C=O) groups is 2. The minimum absolute atomic E-state index is 0.00541. The Kier molecular flexibility index (Phi) is 10.1. The maximum absolute atomic E-state index is 15.9. The first-order valence-corrected chi connectivity index (χ1v) is 19.1. The van der Waals surface area contributed by atoms with Gasteiger partial charge < -0.3 is 15.0 Å². The molecule has 1 saturated heterocycles. The van der Waals surface area contributed by atoms with Crippen molar-refractivity contribution in [2.75, 3.05) is 13.2 Å². The van der Waals surface area contributed by atoms with E-state index in [0.717, 1.165) is 34.5 Å². The van der Waals surface area contributed by atoms with Crippen LogP contribution in [-0.2, 0) is 49.2 Å². The van der Waals surface area contributed by atoms with E-state index in [9.17, 15) is 28.0 Å². The lowest BCUT2D eigenvalue weighted by molar-refractivity contribution is -0.141. The molecule has 1 N–H and O–H groups in total. The molecule has 0 bridgehead atoms. The number of aryl methyl sites for hydroxylation is 2. The molecule has 1 unspecified atom stereocenters. The second kappa shape index (κ2) is 15.1. The SMILES string of the molecule is Cn1cc(C[C@H](C(=O)NC(C)(C)Cn2nc(C(F)(F)F)cc2-c2cnn(C3CCCCO3)n2)N2CCc3c(-c4cc5c(cnn5C)cc4C#N)ccc(F)c3C2=O)cn1. The van der Waals surface area contributed by atoms with Gasteiger partial charge in [-0.05, 0) is 80.5 Å². The third-order valence-corrected chi connectivity index (χ3v) is 10.8. The predicted octanol–water partition coefficient (Wildman–Crippen LogP) is 5.36. The second-order valence-electron chi connectivity index (χ2n) is 15.6. The molecule has 1 fully saturated rings. The monoisotopic (exact) mass is 812 g/mol. The van der Waals surface area contributed by atoms with Crippen LogP contribution in [0.4, 0.5) is 17.6 Å². The lowest BCUT2D eigenvalue weighted by Crippen LogP contribution is -2.58. The number of halogens is 4. The summed E-state index contributed by atoms with van der Waals surface area (Å²) in [6, 6.07) is 8.15. The molecule has 15 nitrogen and oxygen atoms in total. The Morgan fingerprint density at radius 3 is 2.58 bits per heavy atom. The molecule has 0 saturated carbocycles. The molecule has 306 valence electrons. The Balaban J connectivity index is 1.10. The molecule has 19 heteroatoms. The van der Waals surface area contributed by atoms with Crippen molar-refractivity contribution < 1.29 is 31.9 Å². The van der Waals surface area contributed by atoms with Crippen LogP contribution in [0.2, 0.25) is 0 Å². The maximum Gasteiger partial charge on any atom is 0.435 e. The van der Waals surface area contributed by atoms with E-state index in [1.165, 1.54) is 22.0 Å². The first-order chi connectivity index (χ1) is 28.1. The van der Waals surface area contributed by atoms with E-state index < -0.39 is 47.3 Å². The number of nitrogens with one attached hydrogen (secondary N) is 1. The molecule has 2 aromatic carbocycles. The minimum Gasteiger partial charge on any atom is -0.355 e. The van der Waals surface area contributed by atoms with Crippen LogP contribution >= 0.6 is 0 Å². The van der Waals surface area contributed by atoms with Gasteiger partial charge in [0.2, 0.25) is 5.91 Å². The van der Waals surface area contributed by atoms with Gasteiger partial charge in [-0.3, -0.25) is 23.6 Å². The number of hydrogen-bond acceptors (Lipinski definition) is 9. The molecule has 6 aromatic rings. The smallest absolute Gasteiger partial charge is 0.355 e. The third kappa shape index (κ3) is 7.67. The third-order valence-electron chi connectivity index (χ3n) is 10.8. The highest BCUT2D eigenvalue weighted by Crippen LogP contribution is 2.37. The Labute approximate surface area is 335 Å². The molecule has 0 spiro atoms. The summed E-state index contributed by atoms with van der Waals surface area (Å²) in [6.45, 7) is 3.57. The van der Waals surface area contributed by atoms with E-state index in [1.54, 1.807) is 74.1 Å². The van der Waals surface area contributed by atoms with Crippen LogP contribution in [0.15, 0.2) is 55.1 Å². The molecule has 2 amide bonds. The molecule has 0 aliphatic carbocycles. The lowest BCUT2D eigenvalue weighted by Gasteiger charge is -2.37. The zero-order valence-electron chi connectivity index (χ0n) is 32.7. The van der Waals surface area contributed by atoms with Crippen LogP contribution < -0.4 is 5.32 Å². The molecule has 2 atom stereocenters. The summed E-state index contributed by atoms with van der Waals surface area (Å²) in [7, 11) is 3.47. The summed E-state index contributed by atoms with van der Waals surface area (Å²) in [6.07, 6.45) is 3.64. The number of rotatable bonds is 10. The topological polar surface area (TPSA) is 167 Å². The lowest BCUT2D eigenvalue weighted by atomic mass is 9.87. The van der Waals surface area contributed by atoms with Gasteiger partial charge in [-0.2, -0.15) is 43.6 Å². The number of carbonyl (C=O) groups excluding carboxylic acids is 2. The molecule has 0 radical (unpaired) electrons. The molecule has 59 heavy (non-hydrogen) atoms. The standard InChI is InChI=1S/C40H40F4N12O3/c1-39(2,22-55-32(16-34(51-55)40(42,43)44)30-20-48-56(50-30)35-7-5-6-12-59-35)49-37(57)33(13-23-18-46-52(3)21-23)54-11-10-27-26(8-9-29(41)36(27)38(54)58)28-15-31-25(14-24(28)17-45)19-47-53(31)4/h8-9,14-16,18-21,33,35H,5-7,10-13,22H2,1-4H3,(H,49,57)/t33-,35?/m1/s1. The molecule has 8 rings (SSSR count). The van der Waals surface area contributed by atoms with Crippen molar-refractivity contribution in [2.45, 2.75) is 76.5 Å². The Bertz CT molecular complexity index is 2630. The second-order valence-corrected chi connectivity index (χ2v) is 15.6. The number of amides is 2. The molecule has 2 aliphatic heterocycles. The Morgan fingerprint density at radius 2 is 1.86 bits per heavy atom. The van der Waals surface area contributed by atoms with Crippen LogP contribution in [0.25, 0.3) is 33.4 Å². The van der Waals surface area contributed by atoms with Gasteiger partial charge in [0.25, 0.3) is 5.91 Å².